The number of rotatable bonds is 6. The predicted octanol–water partition coefficient (Wildman–Crippen LogP) is 1.90. The molecule has 2 N–H and O–H groups in total. The molecule has 90 valence electrons. The number of ketones is 1. The Morgan fingerprint density at radius 1 is 1.20 bits per heavy atom. The van der Waals surface area contributed by atoms with Crippen molar-refractivity contribution in [3.63, 3.8) is 0 Å². The van der Waals surface area contributed by atoms with Crippen molar-refractivity contribution in [1.29, 1.82) is 0 Å². The summed E-state index contributed by atoms with van der Waals surface area (Å²) >= 11 is 0. The summed E-state index contributed by atoms with van der Waals surface area (Å²) in [5, 5.41) is 19.0. The molecule has 0 aliphatic carbocycles. The van der Waals surface area contributed by atoms with Gasteiger partial charge in [0.15, 0.2) is 0 Å². The molecular formula is C12H24O3. The summed E-state index contributed by atoms with van der Waals surface area (Å²) in [6.07, 6.45) is 0.831. The van der Waals surface area contributed by atoms with E-state index in [4.69, 9.17) is 0 Å². The first kappa shape index (κ1) is 14.6. The van der Waals surface area contributed by atoms with E-state index < -0.39 is 12.2 Å². The molecule has 3 nitrogen and oxygen atoms in total. The standard InChI is InChI=1S/C12H24O3/c1-9(13)8-11(15)10(14)6-5-7-12(2,3)4/h10-11,14-15H,5-8H2,1-4H3. The topological polar surface area (TPSA) is 57.5 Å². The molecule has 0 aromatic carbocycles. The summed E-state index contributed by atoms with van der Waals surface area (Å²) in [5.41, 5.74) is 0.255. The van der Waals surface area contributed by atoms with Crippen LogP contribution in [0.3, 0.4) is 0 Å². The number of hydrogen-bond donors (Lipinski definition) is 2. The normalized spacial score (nSPS) is 16.1. The molecule has 0 radical (unpaired) electrons. The van der Waals surface area contributed by atoms with E-state index in [0.29, 0.717) is 6.42 Å². The van der Waals surface area contributed by atoms with Crippen molar-refractivity contribution in [3.05, 3.63) is 0 Å². The van der Waals surface area contributed by atoms with E-state index in [1.54, 1.807) is 0 Å². The van der Waals surface area contributed by atoms with E-state index in [0.717, 1.165) is 12.8 Å². The average Bonchev–Trinajstić information content (AvgIpc) is 2.00. The van der Waals surface area contributed by atoms with Gasteiger partial charge in [-0.25, -0.2) is 0 Å². The fourth-order valence-electron chi connectivity index (χ4n) is 1.46. The maximum absolute atomic E-state index is 10.7. The highest BCUT2D eigenvalue weighted by atomic mass is 16.3. The van der Waals surface area contributed by atoms with Gasteiger partial charge in [0.1, 0.15) is 5.78 Å². The van der Waals surface area contributed by atoms with Gasteiger partial charge < -0.3 is 10.2 Å². The van der Waals surface area contributed by atoms with Crippen LogP contribution in [-0.2, 0) is 4.79 Å². The van der Waals surface area contributed by atoms with Gasteiger partial charge in [0.2, 0.25) is 0 Å². The third kappa shape index (κ3) is 8.58. The quantitative estimate of drug-likeness (QED) is 0.713. The summed E-state index contributed by atoms with van der Waals surface area (Å²) < 4.78 is 0. The van der Waals surface area contributed by atoms with E-state index in [-0.39, 0.29) is 17.6 Å². The number of aliphatic hydroxyl groups is 2. The summed E-state index contributed by atoms with van der Waals surface area (Å²) in [4.78, 5) is 10.7. The Bertz CT molecular complexity index is 194. The van der Waals surface area contributed by atoms with Crippen molar-refractivity contribution in [1.82, 2.24) is 0 Å². The Labute approximate surface area is 92.5 Å². The fourth-order valence-corrected chi connectivity index (χ4v) is 1.46. The van der Waals surface area contributed by atoms with E-state index in [1.807, 2.05) is 0 Å². The summed E-state index contributed by atoms with van der Waals surface area (Å²) in [7, 11) is 0. The van der Waals surface area contributed by atoms with Gasteiger partial charge in [-0.2, -0.15) is 0 Å². The second-order valence-corrected chi connectivity index (χ2v) is 5.49. The number of Topliss-reactive ketones (excluding diaryl/α,β-unsaturated/α-hetero) is 1. The molecule has 0 aliphatic rings. The lowest BCUT2D eigenvalue weighted by Crippen LogP contribution is -2.28. The number of carbonyl (C=O) groups excluding carboxylic acids is 1. The zero-order valence-corrected chi connectivity index (χ0v) is 10.3. The van der Waals surface area contributed by atoms with Crippen LogP contribution in [0.2, 0.25) is 0 Å². The molecule has 0 bridgehead atoms. The predicted molar refractivity (Wildman–Crippen MR) is 60.6 cm³/mol. The zero-order valence-electron chi connectivity index (χ0n) is 10.3. The molecule has 2 unspecified atom stereocenters. The van der Waals surface area contributed by atoms with Crippen molar-refractivity contribution in [2.45, 2.75) is 65.6 Å². The Kier molecular flexibility index (Phi) is 6.06. The van der Waals surface area contributed by atoms with Gasteiger partial charge >= 0.3 is 0 Å². The lowest BCUT2D eigenvalue weighted by atomic mass is 9.88. The highest BCUT2D eigenvalue weighted by Gasteiger charge is 2.18. The number of aliphatic hydroxyl groups excluding tert-OH is 2. The van der Waals surface area contributed by atoms with E-state index in [9.17, 15) is 15.0 Å². The van der Waals surface area contributed by atoms with E-state index >= 15 is 0 Å². The van der Waals surface area contributed by atoms with Crippen LogP contribution in [0.5, 0.6) is 0 Å². The third-order valence-electron chi connectivity index (χ3n) is 2.37. The van der Waals surface area contributed by atoms with Crippen molar-refractivity contribution < 1.29 is 15.0 Å². The van der Waals surface area contributed by atoms with Crippen molar-refractivity contribution in [3.8, 4) is 0 Å². The SMILES string of the molecule is CC(=O)CC(O)C(O)CCCC(C)(C)C. The van der Waals surface area contributed by atoms with Gasteiger partial charge in [-0.15, -0.1) is 0 Å². The molecule has 0 fully saturated rings. The molecule has 0 amide bonds. The molecule has 0 aromatic heterocycles. The zero-order chi connectivity index (χ0) is 12.1. The van der Waals surface area contributed by atoms with Gasteiger partial charge in [0.25, 0.3) is 0 Å². The minimum atomic E-state index is -0.900. The molecular weight excluding hydrogens is 192 g/mol. The number of hydrogen-bond acceptors (Lipinski definition) is 3. The number of carbonyl (C=O) groups is 1. The van der Waals surface area contributed by atoms with Crippen LogP contribution in [0.25, 0.3) is 0 Å². The lowest BCUT2D eigenvalue weighted by Gasteiger charge is -2.21. The largest absolute Gasteiger partial charge is 0.390 e. The molecule has 2 atom stereocenters. The van der Waals surface area contributed by atoms with Crippen LogP contribution in [0, 0.1) is 5.41 Å². The lowest BCUT2D eigenvalue weighted by molar-refractivity contribution is -0.120. The van der Waals surface area contributed by atoms with Crippen LogP contribution in [0.4, 0.5) is 0 Å². The molecule has 0 saturated carbocycles. The van der Waals surface area contributed by atoms with Gasteiger partial charge in [-0.05, 0) is 25.2 Å². The van der Waals surface area contributed by atoms with E-state index in [2.05, 4.69) is 20.8 Å². The molecule has 0 aromatic rings. The summed E-state index contributed by atoms with van der Waals surface area (Å²) in [6.45, 7) is 7.85. The average molecular weight is 216 g/mol. The Balaban J connectivity index is 3.73. The van der Waals surface area contributed by atoms with Gasteiger partial charge in [-0.1, -0.05) is 27.2 Å². The molecule has 15 heavy (non-hydrogen) atoms. The molecule has 0 rings (SSSR count). The highest BCUT2D eigenvalue weighted by molar-refractivity contribution is 5.76. The summed E-state index contributed by atoms with van der Waals surface area (Å²) in [6, 6.07) is 0. The maximum atomic E-state index is 10.7. The molecule has 0 heterocycles. The first-order valence-electron chi connectivity index (χ1n) is 5.58. The monoisotopic (exact) mass is 216 g/mol. The second kappa shape index (κ2) is 6.23. The molecule has 3 heteroatoms. The minimum Gasteiger partial charge on any atom is -0.390 e. The second-order valence-electron chi connectivity index (χ2n) is 5.49. The fraction of sp³-hybridized carbons (Fsp3) is 0.917. The Hall–Kier alpha value is -0.410. The first-order chi connectivity index (χ1) is 6.72. The van der Waals surface area contributed by atoms with Crippen molar-refractivity contribution in [2.24, 2.45) is 5.41 Å². The maximum Gasteiger partial charge on any atom is 0.132 e. The van der Waals surface area contributed by atoms with Gasteiger partial charge in [0.05, 0.1) is 12.2 Å². The van der Waals surface area contributed by atoms with Crippen molar-refractivity contribution in [2.75, 3.05) is 0 Å². The third-order valence-corrected chi connectivity index (χ3v) is 2.37. The smallest absolute Gasteiger partial charge is 0.132 e. The highest BCUT2D eigenvalue weighted by Crippen LogP contribution is 2.22. The molecule has 0 saturated heterocycles. The minimum absolute atomic E-state index is 0.0523. The Morgan fingerprint density at radius 3 is 2.13 bits per heavy atom. The van der Waals surface area contributed by atoms with Crippen LogP contribution in [0.1, 0.15) is 53.4 Å². The first-order valence-corrected chi connectivity index (χ1v) is 5.58. The van der Waals surface area contributed by atoms with Crippen LogP contribution in [-0.4, -0.2) is 28.2 Å². The summed E-state index contributed by atoms with van der Waals surface area (Å²) in [5.74, 6) is -0.0858. The van der Waals surface area contributed by atoms with Crippen LogP contribution < -0.4 is 0 Å². The van der Waals surface area contributed by atoms with Crippen molar-refractivity contribution >= 4 is 5.78 Å². The van der Waals surface area contributed by atoms with Gasteiger partial charge in [-0.3, -0.25) is 4.79 Å². The van der Waals surface area contributed by atoms with Gasteiger partial charge in [0, 0.05) is 6.42 Å². The molecule has 0 aliphatic heterocycles. The van der Waals surface area contributed by atoms with E-state index in [1.165, 1.54) is 6.92 Å². The Morgan fingerprint density at radius 2 is 1.73 bits per heavy atom. The molecule has 0 spiro atoms. The van der Waals surface area contributed by atoms with Crippen LogP contribution >= 0.6 is 0 Å². The van der Waals surface area contributed by atoms with Crippen LogP contribution in [0.15, 0.2) is 0 Å².